The van der Waals surface area contributed by atoms with Gasteiger partial charge in [0.15, 0.2) is 0 Å². The van der Waals surface area contributed by atoms with Crippen molar-refractivity contribution in [1.29, 1.82) is 0 Å². The Labute approximate surface area is 232 Å². The summed E-state index contributed by atoms with van der Waals surface area (Å²) in [5, 5.41) is 10.2. The zero-order chi connectivity index (χ0) is 27.2. The summed E-state index contributed by atoms with van der Waals surface area (Å²) in [5.41, 5.74) is 0. The fourth-order valence-corrected chi connectivity index (χ4v) is 4.98. The first-order valence-corrected chi connectivity index (χ1v) is 16.7. The van der Waals surface area contributed by atoms with E-state index in [9.17, 15) is 9.90 Å². The summed E-state index contributed by atoms with van der Waals surface area (Å²) in [7, 11) is 0. The largest absolute Gasteiger partial charge is 0.462 e. The fourth-order valence-electron chi connectivity index (χ4n) is 4.98. The summed E-state index contributed by atoms with van der Waals surface area (Å²) in [6.45, 7) is 6.66. The molecule has 2 unspecified atom stereocenters. The molecule has 0 spiro atoms. The van der Waals surface area contributed by atoms with Crippen LogP contribution in [0.25, 0.3) is 0 Å². The molecule has 0 aliphatic carbocycles. The maximum Gasteiger partial charge on any atom is 0.306 e. The predicted molar refractivity (Wildman–Crippen MR) is 162 cm³/mol. The molecule has 37 heavy (non-hydrogen) atoms. The van der Waals surface area contributed by atoms with Gasteiger partial charge in [0, 0.05) is 12.8 Å². The first-order chi connectivity index (χ1) is 18.1. The van der Waals surface area contributed by atoms with E-state index < -0.39 is 0 Å². The molecule has 3 heteroatoms. The number of allylic oxidation sites excluding steroid dienone is 1. The van der Waals surface area contributed by atoms with Gasteiger partial charge in [-0.25, -0.2) is 0 Å². The van der Waals surface area contributed by atoms with Crippen LogP contribution < -0.4 is 0 Å². The number of unbranched alkanes of at least 4 members (excludes halogenated alkanes) is 17. The lowest BCUT2D eigenvalue weighted by atomic mass is 10.0. The van der Waals surface area contributed by atoms with Crippen molar-refractivity contribution in [1.82, 2.24) is 0 Å². The summed E-state index contributed by atoms with van der Waals surface area (Å²) in [6.07, 6.45) is 35.0. The molecule has 220 valence electrons. The molecular formula is C34H66O3. The van der Waals surface area contributed by atoms with E-state index in [1.165, 1.54) is 96.3 Å². The molecular weight excluding hydrogens is 456 g/mol. The first kappa shape index (κ1) is 36.2. The lowest BCUT2D eigenvalue weighted by molar-refractivity contribution is -0.149. The molecule has 0 aliphatic heterocycles. The molecule has 0 saturated heterocycles. The van der Waals surface area contributed by atoms with Crippen molar-refractivity contribution >= 4 is 5.97 Å². The highest BCUT2D eigenvalue weighted by molar-refractivity contribution is 5.69. The summed E-state index contributed by atoms with van der Waals surface area (Å²) in [5.74, 6) is -0.00901. The number of carbonyl (C=O) groups excluding carboxylic acids is 1. The zero-order valence-electron chi connectivity index (χ0n) is 25.5. The normalized spacial score (nSPS) is 13.3. The van der Waals surface area contributed by atoms with E-state index in [4.69, 9.17) is 4.74 Å². The Bertz CT molecular complexity index is 487. The van der Waals surface area contributed by atoms with Crippen LogP contribution in [0.4, 0.5) is 0 Å². The molecule has 0 fully saturated rings. The molecule has 2 atom stereocenters. The van der Waals surface area contributed by atoms with E-state index >= 15 is 0 Å². The Morgan fingerprint density at radius 1 is 0.595 bits per heavy atom. The Kier molecular flexibility index (Phi) is 29.1. The minimum atomic E-state index is -0.0845. The van der Waals surface area contributed by atoms with Crippen LogP contribution in [0.15, 0.2) is 12.2 Å². The molecule has 0 heterocycles. The number of rotatable bonds is 29. The monoisotopic (exact) mass is 523 g/mol. The van der Waals surface area contributed by atoms with Crippen molar-refractivity contribution in [3.63, 3.8) is 0 Å². The second kappa shape index (κ2) is 29.7. The van der Waals surface area contributed by atoms with Gasteiger partial charge < -0.3 is 9.84 Å². The first-order valence-electron chi connectivity index (χ1n) is 16.7. The summed E-state index contributed by atoms with van der Waals surface area (Å²) >= 11 is 0. The molecule has 0 radical (unpaired) electrons. The van der Waals surface area contributed by atoms with Gasteiger partial charge in [0.1, 0.15) is 6.10 Å². The maximum atomic E-state index is 12.2. The third-order valence-electron chi connectivity index (χ3n) is 7.53. The van der Waals surface area contributed by atoms with Crippen molar-refractivity contribution in [2.75, 3.05) is 0 Å². The third kappa shape index (κ3) is 28.0. The van der Waals surface area contributed by atoms with Crippen LogP contribution in [0.5, 0.6) is 0 Å². The van der Waals surface area contributed by atoms with Crippen molar-refractivity contribution in [3.8, 4) is 0 Å². The lowest BCUT2D eigenvalue weighted by Crippen LogP contribution is -2.17. The number of esters is 1. The quantitative estimate of drug-likeness (QED) is 0.0603. The van der Waals surface area contributed by atoms with Crippen molar-refractivity contribution < 1.29 is 14.6 Å². The maximum absolute atomic E-state index is 12.2. The molecule has 3 nitrogen and oxygen atoms in total. The molecule has 0 aromatic rings. The standard InChI is InChI=1S/C34H66O3/c1-4-7-10-12-13-16-19-23-27-32(35)28-24-20-17-14-15-18-21-26-30-33(29-25-11-8-5-2)37-34(36)31-22-9-6-3/h21,26,32-33,35H,4-20,22-25,27-31H2,1-3H3. The minimum absolute atomic E-state index is 0.00901. The van der Waals surface area contributed by atoms with E-state index in [1.54, 1.807) is 0 Å². The molecule has 0 rings (SSSR count). The van der Waals surface area contributed by atoms with Gasteiger partial charge in [-0.2, -0.15) is 0 Å². The van der Waals surface area contributed by atoms with Crippen LogP contribution in [0.1, 0.15) is 188 Å². The van der Waals surface area contributed by atoms with Crippen LogP contribution in [-0.2, 0) is 9.53 Å². The van der Waals surface area contributed by atoms with Crippen LogP contribution in [0.3, 0.4) is 0 Å². The van der Waals surface area contributed by atoms with Crippen molar-refractivity contribution in [2.45, 2.75) is 200 Å². The number of hydrogen-bond acceptors (Lipinski definition) is 3. The number of ether oxygens (including phenoxy) is 1. The summed E-state index contributed by atoms with van der Waals surface area (Å²) in [4.78, 5) is 12.2. The van der Waals surface area contributed by atoms with Crippen molar-refractivity contribution in [2.24, 2.45) is 0 Å². The van der Waals surface area contributed by atoms with E-state index in [2.05, 4.69) is 32.9 Å². The average molecular weight is 523 g/mol. The van der Waals surface area contributed by atoms with Crippen molar-refractivity contribution in [3.05, 3.63) is 12.2 Å². The van der Waals surface area contributed by atoms with Gasteiger partial charge in [0.05, 0.1) is 6.10 Å². The second-order valence-corrected chi connectivity index (χ2v) is 11.4. The van der Waals surface area contributed by atoms with E-state index in [0.717, 1.165) is 64.2 Å². The van der Waals surface area contributed by atoms with Crippen LogP contribution >= 0.6 is 0 Å². The van der Waals surface area contributed by atoms with Gasteiger partial charge >= 0.3 is 5.97 Å². The van der Waals surface area contributed by atoms with Gasteiger partial charge in [-0.3, -0.25) is 4.79 Å². The van der Waals surface area contributed by atoms with Crippen LogP contribution in [0.2, 0.25) is 0 Å². The molecule has 0 aliphatic rings. The average Bonchev–Trinajstić information content (AvgIpc) is 2.89. The summed E-state index contributed by atoms with van der Waals surface area (Å²) < 4.78 is 5.81. The molecule has 0 saturated carbocycles. The zero-order valence-corrected chi connectivity index (χ0v) is 25.5. The number of carbonyl (C=O) groups is 1. The van der Waals surface area contributed by atoms with Gasteiger partial charge in [-0.15, -0.1) is 0 Å². The molecule has 0 aromatic carbocycles. The fraction of sp³-hybridized carbons (Fsp3) is 0.912. The topological polar surface area (TPSA) is 46.5 Å². The number of hydrogen-bond donors (Lipinski definition) is 1. The third-order valence-corrected chi connectivity index (χ3v) is 7.53. The highest BCUT2D eigenvalue weighted by atomic mass is 16.5. The Balaban J connectivity index is 3.77. The van der Waals surface area contributed by atoms with Gasteiger partial charge in [-0.1, -0.05) is 142 Å². The van der Waals surface area contributed by atoms with E-state index in [0.29, 0.717) is 6.42 Å². The van der Waals surface area contributed by atoms with E-state index in [-0.39, 0.29) is 18.2 Å². The van der Waals surface area contributed by atoms with Gasteiger partial charge in [0.25, 0.3) is 0 Å². The Hall–Kier alpha value is -0.830. The predicted octanol–water partition coefficient (Wildman–Crippen LogP) is 11.0. The lowest BCUT2D eigenvalue weighted by Gasteiger charge is -2.16. The molecule has 0 amide bonds. The molecule has 0 aromatic heterocycles. The number of aliphatic hydroxyl groups is 1. The van der Waals surface area contributed by atoms with Crippen LogP contribution in [0, 0.1) is 0 Å². The molecule has 1 N–H and O–H groups in total. The van der Waals surface area contributed by atoms with Gasteiger partial charge in [-0.05, 0) is 44.9 Å². The van der Waals surface area contributed by atoms with Crippen LogP contribution in [-0.4, -0.2) is 23.3 Å². The van der Waals surface area contributed by atoms with E-state index in [1.807, 2.05) is 0 Å². The summed E-state index contributed by atoms with van der Waals surface area (Å²) in [6, 6.07) is 0. The SMILES string of the molecule is CCCCCCCCCCC(O)CCCCCCCC=CCC(CCCCCC)OC(=O)CCCCC. The highest BCUT2D eigenvalue weighted by Gasteiger charge is 2.13. The minimum Gasteiger partial charge on any atom is -0.462 e. The molecule has 0 bridgehead atoms. The smallest absolute Gasteiger partial charge is 0.306 e. The highest BCUT2D eigenvalue weighted by Crippen LogP contribution is 2.16. The second-order valence-electron chi connectivity index (χ2n) is 11.4. The Morgan fingerprint density at radius 3 is 1.65 bits per heavy atom. The van der Waals surface area contributed by atoms with Gasteiger partial charge in [0.2, 0.25) is 0 Å². The Morgan fingerprint density at radius 2 is 1.05 bits per heavy atom. The number of aliphatic hydroxyl groups excluding tert-OH is 1.